The summed E-state index contributed by atoms with van der Waals surface area (Å²) in [6, 6.07) is 10.9. The Morgan fingerprint density at radius 1 is 1.21 bits per heavy atom. The SMILES string of the molecule is CC(c1cccc(Cl)c1)N1CCC(COc2cc(F)c(C(=O)NS(C)(=O)=O)cc2C2CC2)CC1. The van der Waals surface area contributed by atoms with Gasteiger partial charge in [-0.3, -0.25) is 9.69 Å². The fourth-order valence-corrected chi connectivity index (χ4v) is 5.14. The minimum absolute atomic E-state index is 0.209. The zero-order valence-electron chi connectivity index (χ0n) is 19.4. The Morgan fingerprint density at radius 3 is 2.53 bits per heavy atom. The zero-order valence-corrected chi connectivity index (χ0v) is 21.0. The summed E-state index contributed by atoms with van der Waals surface area (Å²) in [5.41, 5.74) is 1.70. The number of carbonyl (C=O) groups is 1. The van der Waals surface area contributed by atoms with Crippen molar-refractivity contribution in [2.45, 2.75) is 44.6 Å². The Balaban J connectivity index is 1.37. The van der Waals surface area contributed by atoms with E-state index in [0.717, 1.165) is 55.6 Å². The number of rotatable bonds is 8. The fourth-order valence-electron chi connectivity index (χ4n) is 4.50. The van der Waals surface area contributed by atoms with Crippen LogP contribution in [0, 0.1) is 11.7 Å². The van der Waals surface area contributed by atoms with Crippen LogP contribution in [0.2, 0.25) is 5.02 Å². The van der Waals surface area contributed by atoms with Gasteiger partial charge in [0.25, 0.3) is 5.91 Å². The third-order valence-corrected chi connectivity index (χ3v) is 7.43. The molecule has 9 heteroatoms. The van der Waals surface area contributed by atoms with Crippen molar-refractivity contribution in [3.8, 4) is 5.75 Å². The fraction of sp³-hybridized carbons (Fsp3) is 0.480. The second kappa shape index (κ2) is 10.2. The van der Waals surface area contributed by atoms with E-state index in [1.165, 1.54) is 17.7 Å². The molecule has 1 saturated heterocycles. The molecule has 1 atom stereocenters. The molecule has 0 bridgehead atoms. The van der Waals surface area contributed by atoms with Gasteiger partial charge in [-0.15, -0.1) is 0 Å². The van der Waals surface area contributed by atoms with Crippen LogP contribution in [0.25, 0.3) is 0 Å². The van der Waals surface area contributed by atoms with E-state index in [1.54, 1.807) is 0 Å². The molecule has 34 heavy (non-hydrogen) atoms. The lowest BCUT2D eigenvalue weighted by molar-refractivity contribution is 0.0977. The summed E-state index contributed by atoms with van der Waals surface area (Å²) < 4.78 is 45.3. The maximum atomic E-state index is 14.7. The van der Waals surface area contributed by atoms with E-state index in [9.17, 15) is 17.6 Å². The van der Waals surface area contributed by atoms with Gasteiger partial charge in [-0.2, -0.15) is 0 Å². The summed E-state index contributed by atoms with van der Waals surface area (Å²) in [6.45, 7) is 4.55. The molecule has 0 radical (unpaired) electrons. The lowest BCUT2D eigenvalue weighted by Crippen LogP contribution is -2.37. The summed E-state index contributed by atoms with van der Waals surface area (Å²) in [5, 5.41) is 0.742. The number of hydrogen-bond donors (Lipinski definition) is 1. The Labute approximate surface area is 205 Å². The second-order valence-electron chi connectivity index (χ2n) is 9.37. The lowest BCUT2D eigenvalue weighted by Gasteiger charge is -2.36. The van der Waals surface area contributed by atoms with Gasteiger partial charge in [-0.05, 0) is 86.9 Å². The summed E-state index contributed by atoms with van der Waals surface area (Å²) in [5.74, 6) is -0.738. The summed E-state index contributed by atoms with van der Waals surface area (Å²) in [7, 11) is -3.78. The van der Waals surface area contributed by atoms with Crippen LogP contribution in [0.3, 0.4) is 0 Å². The minimum Gasteiger partial charge on any atom is -0.493 e. The molecule has 2 fully saturated rings. The molecule has 0 spiro atoms. The number of halogens is 2. The monoisotopic (exact) mass is 508 g/mol. The van der Waals surface area contributed by atoms with Crippen molar-refractivity contribution in [2.75, 3.05) is 26.0 Å². The van der Waals surface area contributed by atoms with Gasteiger partial charge in [-0.1, -0.05) is 23.7 Å². The van der Waals surface area contributed by atoms with Gasteiger partial charge in [0, 0.05) is 17.1 Å². The van der Waals surface area contributed by atoms with Crippen molar-refractivity contribution < 1.29 is 22.3 Å². The van der Waals surface area contributed by atoms with Gasteiger partial charge in [0.05, 0.1) is 18.4 Å². The molecular weight excluding hydrogens is 479 g/mol. The number of ether oxygens (including phenoxy) is 1. The second-order valence-corrected chi connectivity index (χ2v) is 11.6. The molecule has 1 unspecified atom stereocenters. The van der Waals surface area contributed by atoms with Crippen LogP contribution in [0.4, 0.5) is 4.39 Å². The molecule has 1 aliphatic heterocycles. The van der Waals surface area contributed by atoms with Crippen LogP contribution in [0.1, 0.15) is 66.1 Å². The van der Waals surface area contributed by atoms with Crippen molar-refractivity contribution in [3.63, 3.8) is 0 Å². The van der Waals surface area contributed by atoms with Gasteiger partial charge in [0.15, 0.2) is 0 Å². The Morgan fingerprint density at radius 2 is 1.91 bits per heavy atom. The van der Waals surface area contributed by atoms with Crippen LogP contribution in [0.5, 0.6) is 5.75 Å². The van der Waals surface area contributed by atoms with Crippen molar-refractivity contribution >= 4 is 27.5 Å². The summed E-state index contributed by atoms with van der Waals surface area (Å²) >= 11 is 6.15. The maximum Gasteiger partial charge on any atom is 0.267 e. The Bertz CT molecular complexity index is 1160. The zero-order chi connectivity index (χ0) is 24.5. The number of nitrogens with one attached hydrogen (secondary N) is 1. The number of likely N-dealkylation sites (tertiary alicyclic amines) is 1. The van der Waals surface area contributed by atoms with Crippen molar-refractivity contribution in [3.05, 3.63) is 63.9 Å². The van der Waals surface area contributed by atoms with E-state index in [4.69, 9.17) is 16.3 Å². The highest BCUT2D eigenvalue weighted by atomic mass is 35.5. The predicted molar refractivity (Wildman–Crippen MR) is 130 cm³/mol. The van der Waals surface area contributed by atoms with E-state index in [-0.39, 0.29) is 17.5 Å². The molecule has 0 aromatic heterocycles. The summed E-state index contributed by atoms with van der Waals surface area (Å²) in [4.78, 5) is 14.7. The van der Waals surface area contributed by atoms with Crippen LogP contribution in [0.15, 0.2) is 36.4 Å². The largest absolute Gasteiger partial charge is 0.493 e. The van der Waals surface area contributed by atoms with Gasteiger partial charge in [0.2, 0.25) is 10.0 Å². The van der Waals surface area contributed by atoms with E-state index in [2.05, 4.69) is 17.9 Å². The van der Waals surface area contributed by atoms with Gasteiger partial charge < -0.3 is 4.74 Å². The van der Waals surface area contributed by atoms with E-state index in [1.807, 2.05) is 22.9 Å². The topological polar surface area (TPSA) is 75.7 Å². The summed E-state index contributed by atoms with van der Waals surface area (Å²) in [6.07, 6.45) is 4.69. The van der Waals surface area contributed by atoms with Crippen molar-refractivity contribution in [2.24, 2.45) is 5.92 Å². The van der Waals surface area contributed by atoms with Crippen LogP contribution in [-0.2, 0) is 10.0 Å². The first-order valence-electron chi connectivity index (χ1n) is 11.6. The van der Waals surface area contributed by atoms with Gasteiger partial charge >= 0.3 is 0 Å². The lowest BCUT2D eigenvalue weighted by atomic mass is 9.95. The average Bonchev–Trinajstić information content (AvgIpc) is 3.61. The van der Waals surface area contributed by atoms with Crippen molar-refractivity contribution in [1.29, 1.82) is 0 Å². The highest BCUT2D eigenvalue weighted by molar-refractivity contribution is 7.89. The van der Waals surface area contributed by atoms with Gasteiger partial charge in [0.1, 0.15) is 11.6 Å². The molecule has 2 aromatic rings. The smallest absolute Gasteiger partial charge is 0.267 e. The molecule has 2 aromatic carbocycles. The number of carbonyl (C=O) groups excluding carboxylic acids is 1. The molecule has 2 aliphatic rings. The number of benzene rings is 2. The molecular formula is C25H30ClFN2O4S. The normalized spacial score (nSPS) is 18.5. The van der Waals surface area contributed by atoms with E-state index in [0.29, 0.717) is 18.3 Å². The highest BCUT2D eigenvalue weighted by Crippen LogP contribution is 2.45. The highest BCUT2D eigenvalue weighted by Gasteiger charge is 2.31. The third-order valence-electron chi connectivity index (χ3n) is 6.64. The quantitative estimate of drug-likeness (QED) is 0.549. The molecule has 1 aliphatic carbocycles. The van der Waals surface area contributed by atoms with Crippen molar-refractivity contribution in [1.82, 2.24) is 9.62 Å². The van der Waals surface area contributed by atoms with Gasteiger partial charge in [-0.25, -0.2) is 17.5 Å². The average molecular weight is 509 g/mol. The minimum atomic E-state index is -3.78. The number of hydrogen-bond acceptors (Lipinski definition) is 5. The molecule has 184 valence electrons. The van der Waals surface area contributed by atoms with Crippen LogP contribution in [-0.4, -0.2) is 45.2 Å². The third kappa shape index (κ3) is 6.29. The molecule has 1 saturated carbocycles. The Hall–Kier alpha value is -2.16. The number of piperidine rings is 1. The standard InChI is InChI=1S/C25H30ClFN2O4S/c1-16(19-4-3-5-20(26)12-19)29-10-8-17(9-11-29)15-33-24-14-23(27)22(13-21(24)18-6-7-18)25(30)28-34(2,31)32/h3-5,12-14,16-18H,6-11,15H2,1-2H3,(H,28,30). The first kappa shape index (κ1) is 24.9. The molecule has 4 rings (SSSR count). The van der Waals surface area contributed by atoms with Crippen LogP contribution < -0.4 is 9.46 Å². The first-order chi connectivity index (χ1) is 16.1. The Kier molecular flexibility index (Phi) is 7.50. The van der Waals surface area contributed by atoms with E-state index >= 15 is 0 Å². The van der Waals surface area contributed by atoms with E-state index < -0.39 is 21.7 Å². The molecule has 6 nitrogen and oxygen atoms in total. The number of amides is 1. The van der Waals surface area contributed by atoms with Crippen LogP contribution >= 0.6 is 11.6 Å². The number of sulfonamides is 1. The number of nitrogens with zero attached hydrogens (tertiary/aromatic N) is 1. The molecule has 1 N–H and O–H groups in total. The maximum absolute atomic E-state index is 14.7. The molecule has 1 heterocycles. The first-order valence-corrected chi connectivity index (χ1v) is 13.9. The predicted octanol–water partition coefficient (Wildman–Crippen LogP) is 4.90. The molecule has 1 amide bonds.